The lowest BCUT2D eigenvalue weighted by atomic mass is 10.1. The minimum atomic E-state index is -0.444. The smallest absolute Gasteiger partial charge is 0.269 e. The molecule has 0 aliphatic carbocycles. The van der Waals surface area contributed by atoms with Gasteiger partial charge < -0.3 is 10.2 Å². The van der Waals surface area contributed by atoms with Gasteiger partial charge in [0.25, 0.3) is 5.91 Å². The molecule has 1 saturated heterocycles. The summed E-state index contributed by atoms with van der Waals surface area (Å²) in [5, 5.41) is 2.73. The van der Waals surface area contributed by atoms with Crippen molar-refractivity contribution >= 4 is 34.8 Å². The van der Waals surface area contributed by atoms with Crippen LogP contribution < -0.4 is 16.2 Å². The summed E-state index contributed by atoms with van der Waals surface area (Å²) in [4.78, 5) is 25.7. The van der Waals surface area contributed by atoms with Crippen molar-refractivity contribution < 1.29 is 14.0 Å². The number of nitrogens with zero attached hydrogens (tertiary/aromatic N) is 1. The van der Waals surface area contributed by atoms with Gasteiger partial charge in [-0.2, -0.15) is 0 Å². The van der Waals surface area contributed by atoms with Gasteiger partial charge in [0.2, 0.25) is 5.91 Å². The average molecular weight is 386 g/mol. The maximum absolute atomic E-state index is 13.6. The van der Waals surface area contributed by atoms with Crippen LogP contribution in [0.4, 0.5) is 10.1 Å². The Balaban J connectivity index is 1.49. The van der Waals surface area contributed by atoms with Gasteiger partial charge in [-0.3, -0.25) is 20.4 Å². The van der Waals surface area contributed by atoms with E-state index in [0.29, 0.717) is 18.5 Å². The Morgan fingerprint density at radius 2 is 1.85 bits per heavy atom. The molecule has 0 aromatic heterocycles. The fraction of sp³-hybridized carbons (Fsp3) is 0.211. The molecule has 6 nitrogen and oxygen atoms in total. The van der Waals surface area contributed by atoms with Crippen molar-refractivity contribution in [1.29, 1.82) is 0 Å². The molecule has 2 aromatic carbocycles. The van der Waals surface area contributed by atoms with E-state index >= 15 is 0 Å². The van der Waals surface area contributed by atoms with Gasteiger partial charge in [-0.15, -0.1) is 0 Å². The van der Waals surface area contributed by atoms with Gasteiger partial charge in [-0.25, -0.2) is 4.39 Å². The Bertz CT molecular complexity index is 857. The van der Waals surface area contributed by atoms with Gasteiger partial charge in [-0.05, 0) is 48.5 Å². The van der Waals surface area contributed by atoms with Crippen LogP contribution in [0.5, 0.6) is 0 Å². The lowest BCUT2D eigenvalue weighted by Crippen LogP contribution is -2.43. The highest BCUT2D eigenvalue weighted by Crippen LogP contribution is 2.15. The topological polar surface area (TPSA) is 73.5 Å². The Morgan fingerprint density at radius 3 is 2.52 bits per heavy atom. The molecule has 140 valence electrons. The number of amides is 2. The van der Waals surface area contributed by atoms with Gasteiger partial charge in [-0.1, -0.05) is 24.3 Å². The molecule has 3 rings (SSSR count). The molecule has 8 heteroatoms. The zero-order valence-electron chi connectivity index (χ0n) is 14.5. The van der Waals surface area contributed by atoms with E-state index in [4.69, 9.17) is 12.2 Å². The monoisotopic (exact) mass is 386 g/mol. The average Bonchev–Trinajstić information content (AvgIpc) is 3.07. The summed E-state index contributed by atoms with van der Waals surface area (Å²) in [6.07, 6.45) is 1.50. The van der Waals surface area contributed by atoms with Gasteiger partial charge in [0, 0.05) is 25.1 Å². The standard InChI is InChI=1S/C19H19FN4O2S/c20-15-4-1-2-5-16(15)21-19(27)23-22-18(26)14-9-7-13(8-10-14)12-24-11-3-6-17(24)25/h1-2,4-5,7-10H,3,6,11-12H2,(H,22,26)(H2,21,23,27). The lowest BCUT2D eigenvalue weighted by Gasteiger charge is -2.15. The number of thiocarbonyl (C=S) groups is 1. The summed E-state index contributed by atoms with van der Waals surface area (Å²) < 4.78 is 13.6. The Kier molecular flexibility index (Phi) is 5.97. The number of likely N-dealkylation sites (tertiary alicyclic amines) is 1. The zero-order chi connectivity index (χ0) is 19.2. The highest BCUT2D eigenvalue weighted by atomic mass is 32.1. The predicted molar refractivity (Wildman–Crippen MR) is 104 cm³/mol. The molecule has 1 heterocycles. The second kappa shape index (κ2) is 8.59. The molecule has 1 fully saturated rings. The van der Waals surface area contributed by atoms with Crippen LogP contribution in [0, 0.1) is 5.82 Å². The lowest BCUT2D eigenvalue weighted by molar-refractivity contribution is -0.128. The number of hydrogen-bond acceptors (Lipinski definition) is 3. The van der Waals surface area contributed by atoms with E-state index in [1.807, 2.05) is 17.0 Å². The third-order valence-electron chi connectivity index (χ3n) is 4.17. The Morgan fingerprint density at radius 1 is 1.11 bits per heavy atom. The van der Waals surface area contributed by atoms with Crippen LogP contribution in [0.3, 0.4) is 0 Å². The number of benzene rings is 2. The van der Waals surface area contributed by atoms with Gasteiger partial charge in [0.05, 0.1) is 5.69 Å². The van der Waals surface area contributed by atoms with Crippen molar-refractivity contribution in [2.75, 3.05) is 11.9 Å². The van der Waals surface area contributed by atoms with Crippen LogP contribution in [0.1, 0.15) is 28.8 Å². The van der Waals surface area contributed by atoms with Crippen LogP contribution in [-0.2, 0) is 11.3 Å². The minimum absolute atomic E-state index is 0.0672. The summed E-state index contributed by atoms with van der Waals surface area (Å²) >= 11 is 5.03. The molecule has 1 aliphatic rings. The molecule has 0 spiro atoms. The summed E-state index contributed by atoms with van der Waals surface area (Å²) in [6, 6.07) is 13.1. The van der Waals surface area contributed by atoms with E-state index in [1.54, 1.807) is 24.3 Å². The first-order valence-corrected chi connectivity index (χ1v) is 8.92. The molecule has 2 amide bonds. The molecule has 3 N–H and O–H groups in total. The van der Waals surface area contributed by atoms with Crippen LogP contribution in [0.2, 0.25) is 0 Å². The van der Waals surface area contributed by atoms with Gasteiger partial charge in [0.1, 0.15) is 5.82 Å². The van der Waals surface area contributed by atoms with Crippen LogP contribution >= 0.6 is 12.2 Å². The molecule has 1 aliphatic heterocycles. The Hall–Kier alpha value is -3.00. The highest BCUT2D eigenvalue weighted by molar-refractivity contribution is 7.80. The van der Waals surface area contributed by atoms with Crippen LogP contribution in [0.15, 0.2) is 48.5 Å². The normalized spacial score (nSPS) is 13.4. The third kappa shape index (κ3) is 5.01. The number of carbonyl (C=O) groups excluding carboxylic acids is 2. The minimum Gasteiger partial charge on any atom is -0.338 e. The number of carbonyl (C=O) groups is 2. The van der Waals surface area contributed by atoms with Crippen molar-refractivity contribution in [1.82, 2.24) is 15.8 Å². The van der Waals surface area contributed by atoms with E-state index in [2.05, 4.69) is 16.2 Å². The zero-order valence-corrected chi connectivity index (χ0v) is 15.3. The van der Waals surface area contributed by atoms with Crippen LogP contribution in [-0.4, -0.2) is 28.4 Å². The van der Waals surface area contributed by atoms with E-state index < -0.39 is 5.82 Å². The second-order valence-electron chi connectivity index (χ2n) is 6.13. The first kappa shape index (κ1) is 18.8. The molecule has 0 bridgehead atoms. The number of hydrogen-bond donors (Lipinski definition) is 3. The summed E-state index contributed by atoms with van der Waals surface area (Å²) in [7, 11) is 0. The van der Waals surface area contributed by atoms with Crippen molar-refractivity contribution in [3.63, 3.8) is 0 Å². The molecule has 2 aromatic rings. The molecule has 27 heavy (non-hydrogen) atoms. The highest BCUT2D eigenvalue weighted by Gasteiger charge is 2.20. The van der Waals surface area contributed by atoms with Crippen molar-refractivity contribution in [2.45, 2.75) is 19.4 Å². The maximum Gasteiger partial charge on any atom is 0.269 e. The van der Waals surface area contributed by atoms with Gasteiger partial charge >= 0.3 is 0 Å². The number of nitrogens with one attached hydrogen (secondary N) is 3. The van der Waals surface area contributed by atoms with E-state index in [1.165, 1.54) is 12.1 Å². The molecule has 0 saturated carbocycles. The number of halogens is 1. The van der Waals surface area contributed by atoms with Crippen molar-refractivity contribution in [2.24, 2.45) is 0 Å². The molecule has 0 unspecified atom stereocenters. The summed E-state index contributed by atoms with van der Waals surface area (Å²) in [5.74, 6) is -0.659. The largest absolute Gasteiger partial charge is 0.338 e. The molecular weight excluding hydrogens is 367 g/mol. The molecule has 0 radical (unpaired) electrons. The Labute approximate surface area is 161 Å². The molecule has 0 atom stereocenters. The van der Waals surface area contributed by atoms with Crippen molar-refractivity contribution in [3.8, 4) is 0 Å². The van der Waals surface area contributed by atoms with E-state index in [0.717, 1.165) is 18.5 Å². The summed E-state index contributed by atoms with van der Waals surface area (Å²) in [5.41, 5.74) is 6.61. The molecular formula is C19H19FN4O2S. The maximum atomic E-state index is 13.6. The summed E-state index contributed by atoms with van der Waals surface area (Å²) in [6.45, 7) is 1.33. The quantitative estimate of drug-likeness (QED) is 0.556. The first-order chi connectivity index (χ1) is 13.0. The number of rotatable bonds is 4. The predicted octanol–water partition coefficient (Wildman–Crippen LogP) is 2.58. The number of hydrazine groups is 1. The second-order valence-corrected chi connectivity index (χ2v) is 6.54. The first-order valence-electron chi connectivity index (χ1n) is 8.51. The van der Waals surface area contributed by atoms with Crippen molar-refractivity contribution in [3.05, 3.63) is 65.5 Å². The number of para-hydroxylation sites is 1. The fourth-order valence-electron chi connectivity index (χ4n) is 2.75. The van der Waals surface area contributed by atoms with Gasteiger partial charge in [0.15, 0.2) is 5.11 Å². The van der Waals surface area contributed by atoms with Crippen LogP contribution in [0.25, 0.3) is 0 Å². The fourth-order valence-corrected chi connectivity index (χ4v) is 2.92. The number of anilines is 1. The third-order valence-corrected chi connectivity index (χ3v) is 4.38. The SMILES string of the molecule is O=C(NNC(=S)Nc1ccccc1F)c1ccc(CN2CCCC2=O)cc1. The van der Waals surface area contributed by atoms with E-state index in [9.17, 15) is 14.0 Å². The van der Waals surface area contributed by atoms with E-state index in [-0.39, 0.29) is 22.6 Å².